The normalized spacial score (nSPS) is 10.5. The second-order valence-electron chi connectivity index (χ2n) is 2.73. The molecule has 0 fully saturated rings. The predicted molar refractivity (Wildman–Crippen MR) is 55.9 cm³/mol. The Balaban J connectivity index is 2.72. The standard InChI is InChI=1S/C11H10N2O2/c12-8-9(6-7-14)11(15)13-10-4-2-1-3-5-10/h1-6,14H,7H2,(H,13,15)/b9-6-. The summed E-state index contributed by atoms with van der Waals surface area (Å²) in [6.07, 6.45) is 1.16. The van der Waals surface area contributed by atoms with E-state index in [-0.39, 0.29) is 12.2 Å². The number of amides is 1. The van der Waals surface area contributed by atoms with Crippen LogP contribution in [-0.4, -0.2) is 17.6 Å². The van der Waals surface area contributed by atoms with E-state index in [1.807, 2.05) is 6.07 Å². The number of carbonyl (C=O) groups excluding carboxylic acids is 1. The van der Waals surface area contributed by atoms with Crippen LogP contribution in [0.5, 0.6) is 0 Å². The van der Waals surface area contributed by atoms with E-state index in [1.54, 1.807) is 30.3 Å². The molecule has 0 aliphatic rings. The maximum absolute atomic E-state index is 11.4. The highest BCUT2D eigenvalue weighted by molar-refractivity contribution is 6.06. The van der Waals surface area contributed by atoms with E-state index in [9.17, 15) is 4.79 Å². The first-order valence-electron chi connectivity index (χ1n) is 4.35. The van der Waals surface area contributed by atoms with Gasteiger partial charge in [0.05, 0.1) is 6.61 Å². The number of nitriles is 1. The highest BCUT2D eigenvalue weighted by Gasteiger charge is 2.07. The number of carbonyl (C=O) groups is 1. The van der Waals surface area contributed by atoms with Crippen molar-refractivity contribution in [3.05, 3.63) is 42.0 Å². The summed E-state index contributed by atoms with van der Waals surface area (Å²) in [7, 11) is 0. The fraction of sp³-hybridized carbons (Fsp3) is 0.0909. The molecule has 0 aromatic heterocycles. The van der Waals surface area contributed by atoms with Gasteiger partial charge in [0.2, 0.25) is 0 Å². The summed E-state index contributed by atoms with van der Waals surface area (Å²) in [5.41, 5.74) is 0.517. The molecule has 0 saturated carbocycles. The molecule has 0 saturated heterocycles. The lowest BCUT2D eigenvalue weighted by Gasteiger charge is -2.02. The molecule has 1 rings (SSSR count). The molecule has 1 aromatic rings. The molecule has 0 bridgehead atoms. The molecule has 0 heterocycles. The molecule has 4 nitrogen and oxygen atoms in total. The Morgan fingerprint density at radius 2 is 2.13 bits per heavy atom. The molecule has 15 heavy (non-hydrogen) atoms. The number of aliphatic hydroxyl groups is 1. The zero-order chi connectivity index (χ0) is 11.1. The zero-order valence-electron chi connectivity index (χ0n) is 7.97. The largest absolute Gasteiger partial charge is 0.392 e. The number of aliphatic hydroxyl groups excluding tert-OH is 1. The lowest BCUT2D eigenvalue weighted by molar-refractivity contribution is -0.112. The summed E-state index contributed by atoms with van der Waals surface area (Å²) >= 11 is 0. The Morgan fingerprint density at radius 3 is 2.67 bits per heavy atom. The number of hydrogen-bond donors (Lipinski definition) is 2. The van der Waals surface area contributed by atoms with E-state index in [1.165, 1.54) is 0 Å². The highest BCUT2D eigenvalue weighted by atomic mass is 16.2. The van der Waals surface area contributed by atoms with E-state index in [2.05, 4.69) is 5.32 Å². The fourth-order valence-corrected chi connectivity index (χ4v) is 1.00. The van der Waals surface area contributed by atoms with Crippen LogP contribution < -0.4 is 5.32 Å². The monoisotopic (exact) mass is 202 g/mol. The average molecular weight is 202 g/mol. The van der Waals surface area contributed by atoms with Gasteiger partial charge in [0.1, 0.15) is 11.6 Å². The molecule has 0 radical (unpaired) electrons. The minimum atomic E-state index is -0.516. The minimum absolute atomic E-state index is 0.0960. The van der Waals surface area contributed by atoms with Crippen LogP contribution in [0.15, 0.2) is 42.0 Å². The van der Waals surface area contributed by atoms with Gasteiger partial charge in [-0.1, -0.05) is 18.2 Å². The van der Waals surface area contributed by atoms with Crippen molar-refractivity contribution in [2.75, 3.05) is 11.9 Å². The molecular weight excluding hydrogens is 192 g/mol. The Hall–Kier alpha value is -2.12. The number of nitrogens with one attached hydrogen (secondary N) is 1. The second-order valence-corrected chi connectivity index (χ2v) is 2.73. The Labute approximate surface area is 87.5 Å². The number of para-hydroxylation sites is 1. The first kappa shape index (κ1) is 11.0. The summed E-state index contributed by atoms with van der Waals surface area (Å²) in [6.45, 7) is -0.328. The third kappa shape index (κ3) is 3.25. The van der Waals surface area contributed by atoms with Crippen LogP contribution >= 0.6 is 0 Å². The average Bonchev–Trinajstić information content (AvgIpc) is 2.27. The predicted octanol–water partition coefficient (Wildman–Crippen LogP) is 1.07. The SMILES string of the molecule is N#C/C(=C/CO)C(=O)Nc1ccccc1. The van der Waals surface area contributed by atoms with E-state index in [4.69, 9.17) is 10.4 Å². The molecule has 2 N–H and O–H groups in total. The van der Waals surface area contributed by atoms with Crippen molar-refractivity contribution in [1.29, 1.82) is 5.26 Å². The quantitative estimate of drug-likeness (QED) is 0.568. The van der Waals surface area contributed by atoms with Gasteiger partial charge in [0, 0.05) is 5.69 Å². The summed E-state index contributed by atoms with van der Waals surface area (Å²) in [5, 5.41) is 19.7. The number of anilines is 1. The van der Waals surface area contributed by atoms with Crippen molar-refractivity contribution in [3.8, 4) is 6.07 Å². The first-order valence-corrected chi connectivity index (χ1v) is 4.35. The molecule has 0 aliphatic carbocycles. The van der Waals surface area contributed by atoms with Gasteiger partial charge >= 0.3 is 0 Å². The Morgan fingerprint density at radius 1 is 1.47 bits per heavy atom. The summed E-state index contributed by atoms with van der Waals surface area (Å²) in [6, 6.07) is 10.5. The second kappa shape index (κ2) is 5.58. The van der Waals surface area contributed by atoms with Gasteiger partial charge in [-0.25, -0.2) is 0 Å². The van der Waals surface area contributed by atoms with Crippen LogP contribution in [0.4, 0.5) is 5.69 Å². The minimum Gasteiger partial charge on any atom is -0.392 e. The van der Waals surface area contributed by atoms with Crippen molar-refractivity contribution in [3.63, 3.8) is 0 Å². The summed E-state index contributed by atoms with van der Waals surface area (Å²) in [4.78, 5) is 11.4. The molecule has 4 heteroatoms. The van der Waals surface area contributed by atoms with Gasteiger partial charge < -0.3 is 10.4 Å². The van der Waals surface area contributed by atoms with Crippen LogP contribution in [-0.2, 0) is 4.79 Å². The number of nitrogens with zero attached hydrogens (tertiary/aromatic N) is 1. The van der Waals surface area contributed by atoms with Crippen LogP contribution in [0, 0.1) is 11.3 Å². The van der Waals surface area contributed by atoms with E-state index in [0.29, 0.717) is 5.69 Å². The molecule has 1 amide bonds. The van der Waals surface area contributed by atoms with Crippen molar-refractivity contribution in [1.82, 2.24) is 0 Å². The van der Waals surface area contributed by atoms with Gasteiger partial charge in [-0.05, 0) is 18.2 Å². The van der Waals surface area contributed by atoms with Crippen LogP contribution in [0.2, 0.25) is 0 Å². The Kier molecular flexibility index (Phi) is 4.07. The fourth-order valence-electron chi connectivity index (χ4n) is 1.00. The summed E-state index contributed by atoms with van der Waals surface area (Å²) < 4.78 is 0. The van der Waals surface area contributed by atoms with Crippen molar-refractivity contribution >= 4 is 11.6 Å². The summed E-state index contributed by atoms with van der Waals surface area (Å²) in [5.74, 6) is -0.516. The molecule has 0 aliphatic heterocycles. The maximum Gasteiger partial charge on any atom is 0.266 e. The van der Waals surface area contributed by atoms with E-state index < -0.39 is 5.91 Å². The van der Waals surface area contributed by atoms with Crippen molar-refractivity contribution < 1.29 is 9.90 Å². The third-order valence-corrected chi connectivity index (χ3v) is 1.69. The molecule has 0 atom stereocenters. The molecule has 1 aromatic carbocycles. The van der Waals surface area contributed by atoms with Crippen LogP contribution in [0.3, 0.4) is 0 Å². The van der Waals surface area contributed by atoms with E-state index >= 15 is 0 Å². The van der Waals surface area contributed by atoms with Gasteiger partial charge in [0.25, 0.3) is 5.91 Å². The van der Waals surface area contributed by atoms with Gasteiger partial charge in [0.15, 0.2) is 0 Å². The number of benzene rings is 1. The lowest BCUT2D eigenvalue weighted by Crippen LogP contribution is -2.13. The topological polar surface area (TPSA) is 73.1 Å². The van der Waals surface area contributed by atoms with Crippen LogP contribution in [0.1, 0.15) is 0 Å². The highest BCUT2D eigenvalue weighted by Crippen LogP contribution is 2.06. The van der Waals surface area contributed by atoms with Gasteiger partial charge in [-0.3, -0.25) is 4.79 Å². The van der Waals surface area contributed by atoms with Crippen LogP contribution in [0.25, 0.3) is 0 Å². The Bertz CT molecular complexity index is 404. The zero-order valence-corrected chi connectivity index (χ0v) is 7.97. The smallest absolute Gasteiger partial charge is 0.266 e. The van der Waals surface area contributed by atoms with Crippen molar-refractivity contribution in [2.24, 2.45) is 0 Å². The maximum atomic E-state index is 11.4. The molecule has 0 spiro atoms. The van der Waals surface area contributed by atoms with Gasteiger partial charge in [-0.2, -0.15) is 5.26 Å². The first-order chi connectivity index (χ1) is 7.27. The van der Waals surface area contributed by atoms with Gasteiger partial charge in [-0.15, -0.1) is 0 Å². The molecule has 0 unspecified atom stereocenters. The molecule has 76 valence electrons. The van der Waals surface area contributed by atoms with Crippen molar-refractivity contribution in [2.45, 2.75) is 0 Å². The lowest BCUT2D eigenvalue weighted by atomic mass is 10.2. The van der Waals surface area contributed by atoms with E-state index in [0.717, 1.165) is 6.08 Å². The molecular formula is C11H10N2O2. The number of rotatable bonds is 3. The number of hydrogen-bond acceptors (Lipinski definition) is 3. The third-order valence-electron chi connectivity index (χ3n) is 1.69.